The van der Waals surface area contributed by atoms with Crippen LogP contribution in [0, 0.1) is 5.41 Å². The van der Waals surface area contributed by atoms with Crippen LogP contribution >= 0.6 is 0 Å². The Labute approximate surface area is 64.3 Å². The van der Waals surface area contributed by atoms with Crippen molar-refractivity contribution in [3.8, 4) is 0 Å². The van der Waals surface area contributed by atoms with Gasteiger partial charge in [-0.2, -0.15) is 0 Å². The second kappa shape index (κ2) is 2.77. The van der Waals surface area contributed by atoms with Gasteiger partial charge in [-0.1, -0.05) is 31.9 Å². The lowest BCUT2D eigenvalue weighted by Crippen LogP contribution is -2.18. The zero-order chi connectivity index (χ0) is 7.61. The van der Waals surface area contributed by atoms with Crippen LogP contribution in [0.5, 0.6) is 0 Å². The molecule has 0 bridgehead atoms. The molecule has 0 nitrogen and oxygen atoms in total. The van der Waals surface area contributed by atoms with E-state index in [-0.39, 0.29) is 0 Å². The van der Waals surface area contributed by atoms with E-state index in [1.54, 1.807) is 5.57 Å². The van der Waals surface area contributed by atoms with Crippen molar-refractivity contribution in [1.29, 1.82) is 0 Å². The lowest BCUT2D eigenvalue weighted by molar-refractivity contribution is 0.335. The molecule has 1 saturated carbocycles. The molecule has 58 valence electrons. The van der Waals surface area contributed by atoms with E-state index in [2.05, 4.69) is 26.8 Å². The summed E-state index contributed by atoms with van der Waals surface area (Å²) < 4.78 is 0. The van der Waals surface area contributed by atoms with Gasteiger partial charge in [-0.25, -0.2) is 0 Å². The fraction of sp³-hybridized carbons (Fsp3) is 0.800. The zero-order valence-corrected chi connectivity index (χ0v) is 7.41. The van der Waals surface area contributed by atoms with Crippen LogP contribution in [-0.2, 0) is 0 Å². The fourth-order valence-corrected chi connectivity index (χ4v) is 1.92. The van der Waals surface area contributed by atoms with Crippen molar-refractivity contribution in [3.05, 3.63) is 11.6 Å². The summed E-state index contributed by atoms with van der Waals surface area (Å²) in [4.78, 5) is 0. The van der Waals surface area contributed by atoms with Crippen molar-refractivity contribution in [2.24, 2.45) is 5.41 Å². The monoisotopic (exact) mass is 138 g/mol. The molecule has 0 atom stereocenters. The van der Waals surface area contributed by atoms with Crippen LogP contribution < -0.4 is 0 Å². The molecule has 0 amide bonds. The van der Waals surface area contributed by atoms with Crippen molar-refractivity contribution >= 4 is 0 Å². The molecule has 0 aromatic heterocycles. The van der Waals surface area contributed by atoms with Gasteiger partial charge in [0.1, 0.15) is 0 Å². The van der Waals surface area contributed by atoms with E-state index >= 15 is 0 Å². The highest BCUT2D eigenvalue weighted by Crippen LogP contribution is 2.39. The van der Waals surface area contributed by atoms with Gasteiger partial charge in [0.25, 0.3) is 0 Å². The normalized spacial score (nSPS) is 28.9. The molecule has 10 heavy (non-hydrogen) atoms. The van der Waals surface area contributed by atoms with E-state index in [0.29, 0.717) is 5.41 Å². The minimum Gasteiger partial charge on any atom is -0.0879 e. The molecule has 0 aromatic rings. The van der Waals surface area contributed by atoms with E-state index < -0.39 is 0 Å². The van der Waals surface area contributed by atoms with Crippen LogP contribution in [0.3, 0.4) is 0 Å². The molecule has 0 unspecified atom stereocenters. The summed E-state index contributed by atoms with van der Waals surface area (Å²) in [5.41, 5.74) is 2.17. The first-order valence-corrected chi connectivity index (χ1v) is 4.32. The molecule has 0 N–H and O–H groups in total. The van der Waals surface area contributed by atoms with Crippen molar-refractivity contribution in [2.45, 2.75) is 46.5 Å². The standard InChI is InChI=1S/C10H18/c1-4-9-7-5-6-8-10(9,2)3/h4H,5-8H2,1-3H3/b9-4-. The van der Waals surface area contributed by atoms with Gasteiger partial charge < -0.3 is 0 Å². The van der Waals surface area contributed by atoms with Crippen LogP contribution in [0.4, 0.5) is 0 Å². The fourth-order valence-electron chi connectivity index (χ4n) is 1.92. The lowest BCUT2D eigenvalue weighted by Gasteiger charge is -2.32. The van der Waals surface area contributed by atoms with E-state index in [9.17, 15) is 0 Å². The average Bonchev–Trinajstić information content (AvgIpc) is 1.87. The molecule has 0 heterocycles. The highest BCUT2D eigenvalue weighted by Gasteiger charge is 2.25. The van der Waals surface area contributed by atoms with Gasteiger partial charge in [-0.05, 0) is 31.6 Å². The largest absolute Gasteiger partial charge is 0.0879 e. The Morgan fingerprint density at radius 2 is 2.00 bits per heavy atom. The van der Waals surface area contributed by atoms with Crippen LogP contribution in [0.1, 0.15) is 46.5 Å². The third-order valence-electron chi connectivity index (χ3n) is 2.72. The Bertz CT molecular complexity index is 140. The smallest absolute Gasteiger partial charge is 0.0145 e. The average molecular weight is 138 g/mol. The van der Waals surface area contributed by atoms with Crippen molar-refractivity contribution in [1.82, 2.24) is 0 Å². The zero-order valence-electron chi connectivity index (χ0n) is 7.41. The summed E-state index contributed by atoms with van der Waals surface area (Å²) in [6.45, 7) is 6.89. The van der Waals surface area contributed by atoms with Gasteiger partial charge >= 0.3 is 0 Å². The van der Waals surface area contributed by atoms with Crippen molar-refractivity contribution in [2.75, 3.05) is 0 Å². The predicted octanol–water partition coefficient (Wildman–Crippen LogP) is 3.53. The topological polar surface area (TPSA) is 0 Å². The van der Waals surface area contributed by atoms with E-state index in [1.807, 2.05) is 0 Å². The molecule has 0 radical (unpaired) electrons. The number of allylic oxidation sites excluding steroid dienone is 2. The number of hydrogen-bond donors (Lipinski definition) is 0. The van der Waals surface area contributed by atoms with E-state index in [0.717, 1.165) is 0 Å². The second-order valence-electron chi connectivity index (χ2n) is 3.90. The number of rotatable bonds is 0. The minimum atomic E-state index is 0.507. The highest BCUT2D eigenvalue weighted by atomic mass is 14.3. The Hall–Kier alpha value is -0.260. The maximum Gasteiger partial charge on any atom is -0.0145 e. The van der Waals surface area contributed by atoms with Crippen molar-refractivity contribution in [3.63, 3.8) is 0 Å². The first-order valence-electron chi connectivity index (χ1n) is 4.32. The summed E-state index contributed by atoms with van der Waals surface area (Å²) >= 11 is 0. The van der Waals surface area contributed by atoms with Gasteiger partial charge in [0.05, 0.1) is 0 Å². The SMILES string of the molecule is C/C=C1/CCCCC1(C)C. The third-order valence-corrected chi connectivity index (χ3v) is 2.72. The molecule has 0 aromatic carbocycles. The van der Waals surface area contributed by atoms with Crippen molar-refractivity contribution < 1.29 is 0 Å². The summed E-state index contributed by atoms with van der Waals surface area (Å²) in [5.74, 6) is 0. The highest BCUT2D eigenvalue weighted by molar-refractivity contribution is 5.13. The third kappa shape index (κ3) is 1.42. The van der Waals surface area contributed by atoms with Crippen LogP contribution in [0.25, 0.3) is 0 Å². The van der Waals surface area contributed by atoms with Crippen LogP contribution in [-0.4, -0.2) is 0 Å². The van der Waals surface area contributed by atoms with Gasteiger partial charge in [0.2, 0.25) is 0 Å². The van der Waals surface area contributed by atoms with Crippen LogP contribution in [0.15, 0.2) is 11.6 Å². The van der Waals surface area contributed by atoms with Gasteiger partial charge in [0.15, 0.2) is 0 Å². The Balaban J connectivity index is 2.70. The summed E-state index contributed by atoms with van der Waals surface area (Å²) in [6.07, 6.45) is 7.85. The van der Waals surface area contributed by atoms with Crippen LogP contribution in [0.2, 0.25) is 0 Å². The molecule has 1 aliphatic carbocycles. The molecule has 1 aliphatic rings. The minimum absolute atomic E-state index is 0.507. The van der Waals surface area contributed by atoms with E-state index in [4.69, 9.17) is 0 Å². The number of hydrogen-bond acceptors (Lipinski definition) is 0. The van der Waals surface area contributed by atoms with Gasteiger partial charge in [-0.15, -0.1) is 0 Å². The quantitative estimate of drug-likeness (QED) is 0.449. The molecule has 1 rings (SSSR count). The Kier molecular flexibility index (Phi) is 2.18. The van der Waals surface area contributed by atoms with E-state index in [1.165, 1.54) is 25.7 Å². The second-order valence-corrected chi connectivity index (χ2v) is 3.90. The Morgan fingerprint density at radius 1 is 1.30 bits per heavy atom. The lowest BCUT2D eigenvalue weighted by atomic mass is 9.73. The molecular weight excluding hydrogens is 120 g/mol. The summed E-state index contributed by atoms with van der Waals surface area (Å²) in [6, 6.07) is 0. The molecule has 0 aliphatic heterocycles. The first kappa shape index (κ1) is 7.84. The maximum atomic E-state index is 2.36. The van der Waals surface area contributed by atoms with Gasteiger partial charge in [-0.3, -0.25) is 0 Å². The molecular formula is C10H18. The summed E-state index contributed by atoms with van der Waals surface area (Å²) in [5, 5.41) is 0. The molecule has 1 fully saturated rings. The molecule has 0 spiro atoms. The maximum absolute atomic E-state index is 2.36. The Morgan fingerprint density at radius 3 is 2.40 bits per heavy atom. The predicted molar refractivity (Wildman–Crippen MR) is 46.0 cm³/mol. The summed E-state index contributed by atoms with van der Waals surface area (Å²) in [7, 11) is 0. The first-order chi connectivity index (χ1) is 4.67. The van der Waals surface area contributed by atoms with Gasteiger partial charge in [0, 0.05) is 0 Å². The molecule has 0 saturated heterocycles. The molecule has 0 heteroatoms.